The van der Waals surface area contributed by atoms with E-state index in [4.69, 9.17) is 9.47 Å². The van der Waals surface area contributed by atoms with Crippen molar-refractivity contribution in [2.75, 3.05) is 18.6 Å². The molecule has 1 unspecified atom stereocenters. The summed E-state index contributed by atoms with van der Waals surface area (Å²) in [4.78, 5) is 39.8. The van der Waals surface area contributed by atoms with E-state index < -0.39 is 23.7 Å². The molecule has 0 saturated carbocycles. The predicted octanol–water partition coefficient (Wildman–Crippen LogP) is 5.06. The molecule has 1 heterocycles. The van der Waals surface area contributed by atoms with Crippen LogP contribution in [0, 0.1) is 0 Å². The molecule has 1 amide bonds. The molecule has 1 aliphatic heterocycles. The maximum Gasteiger partial charge on any atom is 0.337 e. The van der Waals surface area contributed by atoms with Crippen LogP contribution in [0.5, 0.6) is 5.75 Å². The van der Waals surface area contributed by atoms with Gasteiger partial charge in [0.1, 0.15) is 11.5 Å². The maximum atomic E-state index is 13.3. The lowest BCUT2D eigenvalue weighted by molar-refractivity contribution is -0.132. The third kappa shape index (κ3) is 4.60. The van der Waals surface area contributed by atoms with Crippen LogP contribution >= 0.6 is 0 Å². The SMILES string of the molecule is CCOc1ccc(/C(O)=C2\C(=O)C(=O)N(c3ccc(C(=O)OC)cc3)C2c2ccc(CC)cc2)cc1. The van der Waals surface area contributed by atoms with E-state index >= 15 is 0 Å². The van der Waals surface area contributed by atoms with Gasteiger partial charge >= 0.3 is 5.97 Å². The number of nitrogens with zero attached hydrogens (tertiary/aromatic N) is 1. The Kier molecular flexibility index (Phi) is 7.20. The molecule has 3 aromatic rings. The first kappa shape index (κ1) is 24.7. The first-order chi connectivity index (χ1) is 17.4. The number of carbonyl (C=O) groups excluding carboxylic acids is 3. The van der Waals surface area contributed by atoms with Crippen molar-refractivity contribution in [2.24, 2.45) is 0 Å². The minimum atomic E-state index is -0.855. The second-order valence-corrected chi connectivity index (χ2v) is 8.26. The molecule has 0 radical (unpaired) electrons. The van der Waals surface area contributed by atoms with E-state index in [2.05, 4.69) is 0 Å². The van der Waals surface area contributed by atoms with Crippen molar-refractivity contribution in [1.82, 2.24) is 0 Å². The first-order valence-corrected chi connectivity index (χ1v) is 11.7. The highest BCUT2D eigenvalue weighted by Crippen LogP contribution is 2.42. The van der Waals surface area contributed by atoms with Crippen molar-refractivity contribution in [3.63, 3.8) is 0 Å². The zero-order chi connectivity index (χ0) is 25.8. The molecular formula is C29H27NO6. The number of ketones is 1. The molecule has 7 nitrogen and oxygen atoms in total. The smallest absolute Gasteiger partial charge is 0.337 e. The molecule has 0 bridgehead atoms. The van der Waals surface area contributed by atoms with Crippen LogP contribution < -0.4 is 9.64 Å². The lowest BCUT2D eigenvalue weighted by atomic mass is 9.94. The summed E-state index contributed by atoms with van der Waals surface area (Å²) in [5, 5.41) is 11.3. The number of methoxy groups -OCH3 is 1. The fourth-order valence-electron chi connectivity index (χ4n) is 4.26. The van der Waals surface area contributed by atoms with Gasteiger partial charge in [0.2, 0.25) is 0 Å². The minimum Gasteiger partial charge on any atom is -0.507 e. The van der Waals surface area contributed by atoms with Crippen molar-refractivity contribution in [2.45, 2.75) is 26.3 Å². The summed E-state index contributed by atoms with van der Waals surface area (Å²) in [5.41, 5.74) is 2.90. The number of amides is 1. The molecule has 36 heavy (non-hydrogen) atoms. The van der Waals surface area contributed by atoms with Crippen molar-refractivity contribution in [3.8, 4) is 5.75 Å². The summed E-state index contributed by atoms with van der Waals surface area (Å²) in [5.74, 6) is -1.70. The van der Waals surface area contributed by atoms with E-state index in [0.29, 0.717) is 34.7 Å². The molecule has 1 aliphatic rings. The molecule has 1 N–H and O–H groups in total. The average Bonchev–Trinajstić information content (AvgIpc) is 3.18. The number of hydrogen-bond acceptors (Lipinski definition) is 6. The highest BCUT2D eigenvalue weighted by Gasteiger charge is 2.47. The molecule has 4 rings (SSSR count). The van der Waals surface area contributed by atoms with Gasteiger partial charge < -0.3 is 14.6 Å². The second kappa shape index (κ2) is 10.5. The van der Waals surface area contributed by atoms with Crippen molar-refractivity contribution >= 4 is 29.1 Å². The zero-order valence-corrected chi connectivity index (χ0v) is 20.4. The fourth-order valence-corrected chi connectivity index (χ4v) is 4.26. The summed E-state index contributed by atoms with van der Waals surface area (Å²) in [6, 6.07) is 19.7. The van der Waals surface area contributed by atoms with Gasteiger partial charge in [0.05, 0.1) is 30.9 Å². The number of aliphatic hydroxyl groups is 1. The average molecular weight is 486 g/mol. The Bertz CT molecular complexity index is 1310. The van der Waals surface area contributed by atoms with Crippen molar-refractivity contribution in [3.05, 3.63) is 101 Å². The summed E-state index contributed by atoms with van der Waals surface area (Å²) in [6.07, 6.45) is 0.835. The number of carbonyl (C=O) groups is 3. The number of anilines is 1. The highest BCUT2D eigenvalue weighted by molar-refractivity contribution is 6.51. The van der Waals surface area contributed by atoms with E-state index in [1.165, 1.54) is 24.1 Å². The number of aliphatic hydroxyl groups excluding tert-OH is 1. The zero-order valence-electron chi connectivity index (χ0n) is 20.4. The van der Waals surface area contributed by atoms with Crippen molar-refractivity contribution in [1.29, 1.82) is 0 Å². The van der Waals surface area contributed by atoms with Crippen LogP contribution in [0.25, 0.3) is 5.76 Å². The Morgan fingerprint density at radius 1 is 0.889 bits per heavy atom. The molecule has 3 aromatic carbocycles. The van der Waals surface area contributed by atoms with E-state index in [-0.39, 0.29) is 11.3 Å². The number of esters is 1. The van der Waals surface area contributed by atoms with Gasteiger partial charge in [-0.15, -0.1) is 0 Å². The summed E-state index contributed by atoms with van der Waals surface area (Å²) in [7, 11) is 1.29. The van der Waals surface area contributed by atoms with E-state index in [9.17, 15) is 19.5 Å². The largest absolute Gasteiger partial charge is 0.507 e. The molecule has 0 aromatic heterocycles. The summed E-state index contributed by atoms with van der Waals surface area (Å²) in [6.45, 7) is 4.41. The Labute approximate surface area is 209 Å². The number of Topliss-reactive ketones (excluding diaryl/α,β-unsaturated/α-hetero) is 1. The molecular weight excluding hydrogens is 458 g/mol. The van der Waals surface area contributed by atoms with Crippen LogP contribution in [0.4, 0.5) is 5.69 Å². The predicted molar refractivity (Wildman–Crippen MR) is 136 cm³/mol. The van der Waals surface area contributed by atoms with Crippen molar-refractivity contribution < 1.29 is 29.0 Å². The molecule has 184 valence electrons. The molecule has 1 saturated heterocycles. The van der Waals surface area contributed by atoms with Crippen LogP contribution in [0.3, 0.4) is 0 Å². The van der Waals surface area contributed by atoms with Crippen LogP contribution in [-0.4, -0.2) is 36.5 Å². The normalized spacial score (nSPS) is 16.8. The number of hydrogen-bond donors (Lipinski definition) is 1. The Hall–Kier alpha value is -4.39. The van der Waals surface area contributed by atoms with Gasteiger partial charge in [-0.3, -0.25) is 14.5 Å². The first-order valence-electron chi connectivity index (χ1n) is 11.7. The van der Waals surface area contributed by atoms with E-state index in [0.717, 1.165) is 12.0 Å². The summed E-state index contributed by atoms with van der Waals surface area (Å²) < 4.78 is 10.2. The van der Waals surface area contributed by atoms with Crippen LogP contribution in [-0.2, 0) is 20.7 Å². The standard InChI is InChI=1S/C29H27NO6/c1-4-18-6-8-19(9-7-18)25-24(26(31)20-12-16-23(17-13-20)36-5-2)27(32)28(33)30(25)22-14-10-21(11-15-22)29(34)35-3/h6-17,25,31H,4-5H2,1-3H3/b26-24+. The third-order valence-corrected chi connectivity index (χ3v) is 6.15. The van der Waals surface area contributed by atoms with Gasteiger partial charge in [0.25, 0.3) is 11.7 Å². The molecule has 0 spiro atoms. The van der Waals surface area contributed by atoms with Gasteiger partial charge in [-0.05, 0) is 73.0 Å². The van der Waals surface area contributed by atoms with Gasteiger partial charge in [0, 0.05) is 11.3 Å². The van der Waals surface area contributed by atoms with Crippen LogP contribution in [0.15, 0.2) is 78.4 Å². The number of ether oxygens (including phenoxy) is 2. The highest BCUT2D eigenvalue weighted by atomic mass is 16.5. The van der Waals surface area contributed by atoms with Gasteiger partial charge in [-0.1, -0.05) is 31.2 Å². The molecule has 1 fully saturated rings. The number of aryl methyl sites for hydroxylation is 1. The van der Waals surface area contributed by atoms with Gasteiger partial charge in [-0.2, -0.15) is 0 Å². The van der Waals surface area contributed by atoms with E-state index in [1.807, 2.05) is 38.1 Å². The lowest BCUT2D eigenvalue weighted by Gasteiger charge is -2.25. The molecule has 0 aliphatic carbocycles. The van der Waals surface area contributed by atoms with Crippen LogP contribution in [0.1, 0.15) is 46.9 Å². The maximum absolute atomic E-state index is 13.3. The second-order valence-electron chi connectivity index (χ2n) is 8.26. The Morgan fingerprint density at radius 3 is 2.06 bits per heavy atom. The van der Waals surface area contributed by atoms with Gasteiger partial charge in [0.15, 0.2) is 0 Å². The third-order valence-electron chi connectivity index (χ3n) is 6.15. The Balaban J connectivity index is 1.85. The van der Waals surface area contributed by atoms with Crippen LogP contribution in [0.2, 0.25) is 0 Å². The number of benzene rings is 3. The minimum absolute atomic E-state index is 0.00884. The van der Waals surface area contributed by atoms with Gasteiger partial charge in [-0.25, -0.2) is 4.79 Å². The monoisotopic (exact) mass is 485 g/mol. The molecule has 1 atom stereocenters. The van der Waals surface area contributed by atoms with E-state index in [1.54, 1.807) is 36.4 Å². The summed E-state index contributed by atoms with van der Waals surface area (Å²) >= 11 is 0. The molecule has 7 heteroatoms. The lowest BCUT2D eigenvalue weighted by Crippen LogP contribution is -2.29. The fraction of sp³-hybridized carbons (Fsp3) is 0.207. The quantitative estimate of drug-likeness (QED) is 0.218. The number of rotatable bonds is 7. The Morgan fingerprint density at radius 2 is 1.50 bits per heavy atom. The topological polar surface area (TPSA) is 93.1 Å².